The largest absolute Gasteiger partial charge is 0.334 e. The van der Waals surface area contributed by atoms with Gasteiger partial charge in [-0.05, 0) is 18.4 Å². The van der Waals surface area contributed by atoms with Gasteiger partial charge in [-0.15, -0.1) is 11.8 Å². The Morgan fingerprint density at radius 2 is 2.22 bits per heavy atom. The van der Waals surface area contributed by atoms with E-state index in [4.69, 9.17) is 0 Å². The van der Waals surface area contributed by atoms with Gasteiger partial charge in [0.15, 0.2) is 0 Å². The summed E-state index contributed by atoms with van der Waals surface area (Å²) in [6.45, 7) is 0.418. The van der Waals surface area contributed by atoms with Crippen LogP contribution in [-0.4, -0.2) is 39.3 Å². The molecule has 2 aromatic rings. The van der Waals surface area contributed by atoms with Gasteiger partial charge >= 0.3 is 0 Å². The van der Waals surface area contributed by atoms with Crippen LogP contribution >= 0.6 is 11.8 Å². The number of hydrogen-bond acceptors (Lipinski definition) is 4. The maximum atomic E-state index is 12.3. The van der Waals surface area contributed by atoms with Gasteiger partial charge in [0, 0.05) is 11.9 Å². The van der Waals surface area contributed by atoms with Crippen molar-refractivity contribution in [2.75, 3.05) is 13.3 Å². The number of benzene rings is 1. The van der Waals surface area contributed by atoms with Crippen molar-refractivity contribution in [2.45, 2.75) is 11.4 Å². The molecule has 18 heavy (non-hydrogen) atoms. The van der Waals surface area contributed by atoms with Crippen LogP contribution < -0.4 is 0 Å². The number of aromatic amines is 1. The lowest BCUT2D eigenvalue weighted by Crippen LogP contribution is -2.27. The molecular formula is C12H14N4OS. The molecular weight excluding hydrogens is 248 g/mol. The molecule has 0 saturated heterocycles. The summed E-state index contributed by atoms with van der Waals surface area (Å²) in [5.41, 5.74) is 0.715. The molecule has 6 heteroatoms. The van der Waals surface area contributed by atoms with Gasteiger partial charge in [0.25, 0.3) is 5.91 Å². The van der Waals surface area contributed by atoms with Crippen LogP contribution in [0.25, 0.3) is 0 Å². The SMILES string of the molecule is CSc1ccccc1C(=O)N(C)Cc1ncn[nH]1. The van der Waals surface area contributed by atoms with Crippen LogP contribution in [0.2, 0.25) is 0 Å². The first kappa shape index (κ1) is 12.6. The second-order valence-corrected chi connectivity index (χ2v) is 4.64. The van der Waals surface area contributed by atoms with Crippen LogP contribution in [0.4, 0.5) is 0 Å². The average Bonchev–Trinajstić information content (AvgIpc) is 2.90. The Bertz CT molecular complexity index is 527. The lowest BCUT2D eigenvalue weighted by atomic mass is 10.2. The van der Waals surface area contributed by atoms with Crippen LogP contribution in [0.5, 0.6) is 0 Å². The smallest absolute Gasteiger partial charge is 0.255 e. The number of rotatable bonds is 4. The first-order valence-corrected chi connectivity index (χ1v) is 6.67. The topological polar surface area (TPSA) is 61.9 Å². The molecule has 1 amide bonds. The Hall–Kier alpha value is -1.82. The Balaban J connectivity index is 2.15. The van der Waals surface area contributed by atoms with E-state index in [1.807, 2.05) is 30.5 Å². The molecule has 1 N–H and O–H groups in total. The second kappa shape index (κ2) is 5.68. The number of carbonyl (C=O) groups is 1. The molecule has 1 aromatic carbocycles. The number of thioether (sulfide) groups is 1. The molecule has 0 atom stereocenters. The van der Waals surface area contributed by atoms with E-state index >= 15 is 0 Å². The van der Waals surface area contributed by atoms with Crippen molar-refractivity contribution >= 4 is 17.7 Å². The minimum atomic E-state index is -0.0173. The predicted octanol–water partition coefficient (Wildman–Crippen LogP) is 1.80. The Kier molecular flexibility index (Phi) is 3.99. The van der Waals surface area contributed by atoms with Crippen LogP contribution in [0.15, 0.2) is 35.5 Å². The monoisotopic (exact) mass is 262 g/mol. The van der Waals surface area contributed by atoms with Crippen molar-refractivity contribution in [2.24, 2.45) is 0 Å². The molecule has 0 bridgehead atoms. The van der Waals surface area contributed by atoms with Gasteiger partial charge in [-0.25, -0.2) is 4.98 Å². The fourth-order valence-electron chi connectivity index (χ4n) is 1.63. The molecule has 0 aliphatic carbocycles. The molecule has 0 radical (unpaired) electrons. The Morgan fingerprint density at radius 1 is 1.44 bits per heavy atom. The molecule has 1 heterocycles. The minimum absolute atomic E-state index is 0.0173. The summed E-state index contributed by atoms with van der Waals surface area (Å²) in [5, 5.41) is 6.51. The number of carbonyl (C=O) groups excluding carboxylic acids is 1. The summed E-state index contributed by atoms with van der Waals surface area (Å²) in [7, 11) is 1.75. The summed E-state index contributed by atoms with van der Waals surface area (Å²) < 4.78 is 0. The third-order valence-corrected chi connectivity index (χ3v) is 3.33. The molecule has 0 aliphatic rings. The summed E-state index contributed by atoms with van der Waals surface area (Å²) >= 11 is 1.57. The zero-order chi connectivity index (χ0) is 13.0. The zero-order valence-corrected chi connectivity index (χ0v) is 11.1. The normalized spacial score (nSPS) is 10.3. The zero-order valence-electron chi connectivity index (χ0n) is 10.3. The predicted molar refractivity (Wildman–Crippen MR) is 70.4 cm³/mol. The van der Waals surface area contributed by atoms with Crippen molar-refractivity contribution in [3.63, 3.8) is 0 Å². The summed E-state index contributed by atoms with van der Waals surface area (Å²) in [5.74, 6) is 0.656. The highest BCUT2D eigenvalue weighted by atomic mass is 32.2. The third-order valence-electron chi connectivity index (χ3n) is 2.54. The quantitative estimate of drug-likeness (QED) is 0.853. The van der Waals surface area contributed by atoms with Crippen LogP contribution in [-0.2, 0) is 6.54 Å². The van der Waals surface area contributed by atoms with Gasteiger partial charge in [0.05, 0.1) is 12.1 Å². The number of nitrogens with one attached hydrogen (secondary N) is 1. The van der Waals surface area contributed by atoms with Gasteiger partial charge < -0.3 is 4.90 Å². The Morgan fingerprint density at radius 3 is 2.89 bits per heavy atom. The van der Waals surface area contributed by atoms with Crippen molar-refractivity contribution in [1.82, 2.24) is 20.1 Å². The van der Waals surface area contributed by atoms with Gasteiger partial charge in [0.2, 0.25) is 0 Å². The maximum Gasteiger partial charge on any atom is 0.255 e. The fraction of sp³-hybridized carbons (Fsp3) is 0.250. The highest BCUT2D eigenvalue weighted by Gasteiger charge is 2.15. The molecule has 0 saturated carbocycles. The van der Waals surface area contributed by atoms with Gasteiger partial charge in [-0.1, -0.05) is 12.1 Å². The molecule has 94 valence electrons. The number of aromatic nitrogens is 3. The van der Waals surface area contributed by atoms with E-state index in [2.05, 4.69) is 15.2 Å². The standard InChI is InChI=1S/C12H14N4OS/c1-16(7-11-13-8-14-15-11)12(17)9-5-3-4-6-10(9)18-2/h3-6,8H,7H2,1-2H3,(H,13,14,15). The lowest BCUT2D eigenvalue weighted by Gasteiger charge is -2.17. The molecule has 2 rings (SSSR count). The van der Waals surface area contributed by atoms with Crippen molar-refractivity contribution in [3.05, 3.63) is 42.0 Å². The molecule has 1 aromatic heterocycles. The van der Waals surface area contributed by atoms with E-state index < -0.39 is 0 Å². The first-order chi connectivity index (χ1) is 8.72. The number of H-pyrrole nitrogens is 1. The summed E-state index contributed by atoms with van der Waals surface area (Å²) in [6.07, 6.45) is 3.39. The van der Waals surface area contributed by atoms with E-state index in [-0.39, 0.29) is 5.91 Å². The van der Waals surface area contributed by atoms with Crippen LogP contribution in [0.1, 0.15) is 16.2 Å². The van der Waals surface area contributed by atoms with E-state index in [1.165, 1.54) is 6.33 Å². The van der Waals surface area contributed by atoms with Gasteiger partial charge in [-0.2, -0.15) is 5.10 Å². The third kappa shape index (κ3) is 2.70. The maximum absolute atomic E-state index is 12.3. The molecule has 0 fully saturated rings. The number of nitrogens with zero attached hydrogens (tertiary/aromatic N) is 3. The summed E-state index contributed by atoms with van der Waals surface area (Å²) in [6, 6.07) is 7.58. The van der Waals surface area contributed by atoms with E-state index in [0.717, 1.165) is 4.90 Å². The van der Waals surface area contributed by atoms with Crippen LogP contribution in [0, 0.1) is 0 Å². The highest BCUT2D eigenvalue weighted by molar-refractivity contribution is 7.98. The van der Waals surface area contributed by atoms with Gasteiger partial charge in [-0.3, -0.25) is 9.89 Å². The highest BCUT2D eigenvalue weighted by Crippen LogP contribution is 2.21. The molecule has 0 spiro atoms. The van der Waals surface area contributed by atoms with Gasteiger partial charge in [0.1, 0.15) is 12.2 Å². The summed E-state index contributed by atoms with van der Waals surface area (Å²) in [4.78, 5) is 18.9. The second-order valence-electron chi connectivity index (χ2n) is 3.79. The minimum Gasteiger partial charge on any atom is -0.334 e. The first-order valence-electron chi connectivity index (χ1n) is 5.45. The van der Waals surface area contributed by atoms with E-state index in [0.29, 0.717) is 17.9 Å². The van der Waals surface area contributed by atoms with E-state index in [1.54, 1.807) is 23.7 Å². The van der Waals surface area contributed by atoms with Crippen molar-refractivity contribution in [1.29, 1.82) is 0 Å². The molecule has 0 unspecified atom stereocenters. The average molecular weight is 262 g/mol. The van der Waals surface area contributed by atoms with Crippen LogP contribution in [0.3, 0.4) is 0 Å². The Labute approximate surface area is 110 Å². The van der Waals surface area contributed by atoms with Crippen molar-refractivity contribution < 1.29 is 4.79 Å². The number of hydrogen-bond donors (Lipinski definition) is 1. The fourth-order valence-corrected chi connectivity index (χ4v) is 2.22. The van der Waals surface area contributed by atoms with Crippen molar-refractivity contribution in [3.8, 4) is 0 Å². The molecule has 0 aliphatic heterocycles. The number of amides is 1. The molecule has 5 nitrogen and oxygen atoms in total. The van der Waals surface area contributed by atoms with E-state index in [9.17, 15) is 4.79 Å². The lowest BCUT2D eigenvalue weighted by molar-refractivity contribution is 0.0778.